The van der Waals surface area contributed by atoms with E-state index in [-0.39, 0.29) is 23.9 Å². The van der Waals surface area contributed by atoms with E-state index in [2.05, 4.69) is 15.3 Å². The Morgan fingerprint density at radius 3 is 2.16 bits per heavy atom. The van der Waals surface area contributed by atoms with Crippen LogP contribution in [0.15, 0.2) is 102 Å². The Hall–Kier alpha value is -4.81. The molecule has 12 heteroatoms. The van der Waals surface area contributed by atoms with Crippen LogP contribution >= 0.6 is 0 Å². The number of para-hydroxylation sites is 1. The van der Waals surface area contributed by atoms with Gasteiger partial charge >= 0.3 is 12.1 Å². The Morgan fingerprint density at radius 1 is 0.860 bits per heavy atom. The van der Waals surface area contributed by atoms with Crippen LogP contribution in [-0.4, -0.2) is 52.0 Å². The standard InChI is InChI=1S/C31H33N5O6S/c1-31(2,3)42-30(39)36(22-29(37)38)27-13-9-12-26(34-27)21-35(43(40,41)28-14-7-8-19-32-28)20-23-15-17-25(18-16-23)33-24-10-5-4-6-11-24/h4-19,33H,20-22H2,1-3H3,(H,37,38). The summed E-state index contributed by atoms with van der Waals surface area (Å²) >= 11 is 0. The zero-order valence-corrected chi connectivity index (χ0v) is 24.9. The van der Waals surface area contributed by atoms with E-state index < -0.39 is 34.2 Å². The minimum Gasteiger partial charge on any atom is -0.480 e. The molecule has 2 aromatic heterocycles. The maximum Gasteiger partial charge on any atom is 0.416 e. The summed E-state index contributed by atoms with van der Waals surface area (Å²) in [5.41, 5.74) is 1.90. The molecule has 0 aliphatic carbocycles. The lowest BCUT2D eigenvalue weighted by molar-refractivity contribution is -0.135. The third-order valence-corrected chi connectivity index (χ3v) is 7.64. The second-order valence-electron chi connectivity index (χ2n) is 10.6. The fraction of sp³-hybridized carbons (Fsp3) is 0.226. The number of hydrogen-bond acceptors (Lipinski definition) is 8. The summed E-state index contributed by atoms with van der Waals surface area (Å²) in [6, 6.07) is 26.3. The largest absolute Gasteiger partial charge is 0.480 e. The lowest BCUT2D eigenvalue weighted by atomic mass is 10.2. The van der Waals surface area contributed by atoms with Gasteiger partial charge in [-0.15, -0.1) is 0 Å². The minimum absolute atomic E-state index is 0.00133. The molecule has 224 valence electrons. The summed E-state index contributed by atoms with van der Waals surface area (Å²) in [6.07, 6.45) is 0.514. The van der Waals surface area contributed by atoms with Crippen molar-refractivity contribution < 1.29 is 27.9 Å². The molecule has 0 saturated heterocycles. The van der Waals surface area contributed by atoms with Crippen molar-refractivity contribution in [3.05, 3.63) is 108 Å². The Bertz CT molecular complexity index is 1640. The Kier molecular flexibility index (Phi) is 9.73. The number of ether oxygens (including phenoxy) is 1. The van der Waals surface area contributed by atoms with Crippen molar-refractivity contribution in [1.82, 2.24) is 14.3 Å². The number of rotatable bonds is 11. The van der Waals surface area contributed by atoms with Gasteiger partial charge in [0, 0.05) is 24.1 Å². The number of amides is 1. The predicted octanol–water partition coefficient (Wildman–Crippen LogP) is 5.44. The molecule has 1 amide bonds. The van der Waals surface area contributed by atoms with E-state index in [0.717, 1.165) is 21.8 Å². The normalized spacial score (nSPS) is 11.6. The summed E-state index contributed by atoms with van der Waals surface area (Å²) in [5.74, 6) is -1.25. The first-order valence-corrected chi connectivity index (χ1v) is 14.9. The van der Waals surface area contributed by atoms with Crippen LogP contribution in [0.4, 0.5) is 22.0 Å². The Labute approximate surface area is 250 Å². The molecular weight excluding hydrogens is 570 g/mol. The first-order valence-electron chi connectivity index (χ1n) is 13.4. The van der Waals surface area contributed by atoms with Crippen LogP contribution in [0.1, 0.15) is 32.0 Å². The fourth-order valence-corrected chi connectivity index (χ4v) is 5.35. The molecule has 4 aromatic rings. The fourth-order valence-electron chi connectivity index (χ4n) is 4.02. The number of aromatic nitrogens is 2. The lowest BCUT2D eigenvalue weighted by Crippen LogP contribution is -2.40. The van der Waals surface area contributed by atoms with Crippen LogP contribution in [-0.2, 0) is 32.6 Å². The molecule has 0 aliphatic rings. The van der Waals surface area contributed by atoms with Gasteiger partial charge in [0.1, 0.15) is 18.0 Å². The number of benzene rings is 2. The zero-order chi connectivity index (χ0) is 31.0. The third kappa shape index (κ3) is 8.84. The van der Waals surface area contributed by atoms with Crippen LogP contribution < -0.4 is 10.2 Å². The van der Waals surface area contributed by atoms with Crippen molar-refractivity contribution in [3.8, 4) is 0 Å². The van der Waals surface area contributed by atoms with Crippen LogP contribution in [0, 0.1) is 0 Å². The molecule has 0 bridgehead atoms. The molecule has 0 saturated carbocycles. The lowest BCUT2D eigenvalue weighted by Gasteiger charge is -2.26. The predicted molar refractivity (Wildman–Crippen MR) is 162 cm³/mol. The number of carbonyl (C=O) groups excluding carboxylic acids is 1. The maximum atomic E-state index is 13.7. The van der Waals surface area contributed by atoms with Gasteiger partial charge in [0.2, 0.25) is 0 Å². The molecule has 11 nitrogen and oxygen atoms in total. The van der Waals surface area contributed by atoms with Gasteiger partial charge in [0.25, 0.3) is 10.0 Å². The second kappa shape index (κ2) is 13.4. The van der Waals surface area contributed by atoms with Crippen molar-refractivity contribution in [3.63, 3.8) is 0 Å². The molecule has 2 aromatic carbocycles. The average molecular weight is 604 g/mol. The van der Waals surface area contributed by atoms with Crippen molar-refractivity contribution >= 4 is 39.3 Å². The quantitative estimate of drug-likeness (QED) is 0.229. The van der Waals surface area contributed by atoms with Crippen LogP contribution in [0.25, 0.3) is 0 Å². The van der Waals surface area contributed by atoms with E-state index >= 15 is 0 Å². The molecule has 4 rings (SSSR count). The highest BCUT2D eigenvalue weighted by Gasteiger charge is 2.29. The molecule has 0 spiro atoms. The molecule has 0 aliphatic heterocycles. The van der Waals surface area contributed by atoms with E-state index in [9.17, 15) is 23.1 Å². The van der Waals surface area contributed by atoms with Gasteiger partial charge in [0.15, 0.2) is 5.03 Å². The van der Waals surface area contributed by atoms with Gasteiger partial charge in [-0.05, 0) is 74.9 Å². The smallest absolute Gasteiger partial charge is 0.416 e. The molecule has 0 atom stereocenters. The van der Waals surface area contributed by atoms with Gasteiger partial charge in [-0.2, -0.15) is 4.31 Å². The van der Waals surface area contributed by atoms with Crippen molar-refractivity contribution in [1.29, 1.82) is 0 Å². The highest BCUT2D eigenvalue weighted by Crippen LogP contribution is 2.23. The number of nitrogens with zero attached hydrogens (tertiary/aromatic N) is 4. The van der Waals surface area contributed by atoms with E-state index in [0.29, 0.717) is 5.69 Å². The molecule has 0 radical (unpaired) electrons. The number of hydrogen-bond donors (Lipinski definition) is 2. The monoisotopic (exact) mass is 603 g/mol. The Morgan fingerprint density at radius 2 is 1.53 bits per heavy atom. The number of carboxylic acid groups (broad SMARTS) is 1. The van der Waals surface area contributed by atoms with E-state index in [1.165, 1.54) is 22.6 Å². The number of pyridine rings is 2. The van der Waals surface area contributed by atoms with Gasteiger partial charge in [-0.1, -0.05) is 42.5 Å². The number of aliphatic carboxylic acids is 1. The molecule has 2 heterocycles. The summed E-state index contributed by atoms with van der Waals surface area (Å²) in [4.78, 5) is 33.8. The van der Waals surface area contributed by atoms with Crippen molar-refractivity contribution in [2.45, 2.75) is 44.5 Å². The molecule has 43 heavy (non-hydrogen) atoms. The SMILES string of the molecule is CC(C)(C)OC(=O)N(CC(=O)O)c1cccc(CN(Cc2ccc(Nc3ccccc3)cc2)S(=O)(=O)c2ccccn2)n1. The Balaban J connectivity index is 1.63. The molecule has 0 unspecified atom stereocenters. The zero-order valence-electron chi connectivity index (χ0n) is 24.0. The molecule has 0 fully saturated rings. The summed E-state index contributed by atoms with van der Waals surface area (Å²) < 4.78 is 34.1. The van der Waals surface area contributed by atoms with Gasteiger partial charge < -0.3 is 15.2 Å². The third-order valence-electron chi connectivity index (χ3n) is 5.93. The number of sulfonamides is 1. The first-order chi connectivity index (χ1) is 20.4. The van der Waals surface area contributed by atoms with Gasteiger partial charge in [0.05, 0.1) is 12.2 Å². The van der Waals surface area contributed by atoms with Crippen molar-refractivity contribution in [2.24, 2.45) is 0 Å². The number of anilines is 3. The topological polar surface area (TPSA) is 142 Å². The summed E-state index contributed by atoms with van der Waals surface area (Å²) in [7, 11) is -4.08. The van der Waals surface area contributed by atoms with Crippen LogP contribution in [0.2, 0.25) is 0 Å². The van der Waals surface area contributed by atoms with Crippen LogP contribution in [0.5, 0.6) is 0 Å². The van der Waals surface area contributed by atoms with Gasteiger partial charge in [-0.25, -0.2) is 23.2 Å². The molecular formula is C31H33N5O6S. The summed E-state index contributed by atoms with van der Waals surface area (Å²) in [6.45, 7) is 4.13. The number of carboxylic acids is 1. The van der Waals surface area contributed by atoms with Gasteiger partial charge in [-0.3, -0.25) is 9.69 Å². The van der Waals surface area contributed by atoms with Crippen LogP contribution in [0.3, 0.4) is 0 Å². The van der Waals surface area contributed by atoms with E-state index in [1.54, 1.807) is 45.0 Å². The van der Waals surface area contributed by atoms with E-state index in [4.69, 9.17) is 4.74 Å². The average Bonchev–Trinajstić information content (AvgIpc) is 2.96. The highest BCUT2D eigenvalue weighted by atomic mass is 32.2. The number of nitrogens with one attached hydrogen (secondary N) is 1. The molecule has 2 N–H and O–H groups in total. The first kappa shape index (κ1) is 31.1. The highest BCUT2D eigenvalue weighted by molar-refractivity contribution is 7.89. The van der Waals surface area contributed by atoms with E-state index in [1.807, 2.05) is 54.6 Å². The second-order valence-corrected chi connectivity index (χ2v) is 12.5. The summed E-state index contributed by atoms with van der Waals surface area (Å²) in [5, 5.41) is 12.6. The van der Waals surface area contributed by atoms with Crippen molar-refractivity contribution in [2.75, 3.05) is 16.8 Å². The maximum absolute atomic E-state index is 13.7. The number of carbonyl (C=O) groups is 2. The minimum atomic E-state index is -4.08.